The Balaban J connectivity index is 1.68. The van der Waals surface area contributed by atoms with Gasteiger partial charge in [0.2, 0.25) is 0 Å². The number of anilines is 1. The molecular formula is C20H19N3O4. The first kappa shape index (κ1) is 18.3. The minimum Gasteiger partial charge on any atom is -0.451 e. The molecule has 0 unspecified atom stereocenters. The second-order valence-corrected chi connectivity index (χ2v) is 6.06. The number of esters is 1. The molecule has 0 saturated carbocycles. The fraction of sp³-hybridized carbons (Fsp3) is 0.200. The topological polar surface area (TPSA) is 81.5 Å². The summed E-state index contributed by atoms with van der Waals surface area (Å²) in [5, 5.41) is 0.417. The minimum absolute atomic E-state index is 0.316. The van der Waals surface area contributed by atoms with Crippen molar-refractivity contribution in [3.8, 4) is 0 Å². The van der Waals surface area contributed by atoms with Gasteiger partial charge in [0.15, 0.2) is 6.10 Å². The number of nitrogens with zero attached hydrogens (tertiary/aromatic N) is 3. The Morgan fingerprint density at radius 3 is 2.52 bits per heavy atom. The number of fused-ring (bicyclic) bond motifs is 1. The van der Waals surface area contributed by atoms with Gasteiger partial charge < -0.3 is 9.64 Å². The quantitative estimate of drug-likeness (QED) is 0.646. The summed E-state index contributed by atoms with van der Waals surface area (Å²) < 4.78 is 6.38. The maximum Gasteiger partial charge on any atom is 0.326 e. The second-order valence-electron chi connectivity index (χ2n) is 6.06. The molecule has 0 radical (unpaired) electrons. The second kappa shape index (κ2) is 7.82. The molecule has 3 rings (SSSR count). The third kappa shape index (κ3) is 4.03. The Hall–Kier alpha value is -3.48. The molecule has 0 fully saturated rings. The zero-order valence-electron chi connectivity index (χ0n) is 15.0. The van der Waals surface area contributed by atoms with Gasteiger partial charge in [-0.3, -0.25) is 19.0 Å². The first-order valence-corrected chi connectivity index (χ1v) is 8.43. The van der Waals surface area contributed by atoms with Crippen LogP contribution in [0.2, 0.25) is 0 Å². The summed E-state index contributed by atoms with van der Waals surface area (Å²) in [6, 6.07) is 15.9. The molecule has 1 amide bonds. The van der Waals surface area contributed by atoms with E-state index in [1.54, 1.807) is 43.4 Å². The Kier molecular flexibility index (Phi) is 5.30. The summed E-state index contributed by atoms with van der Waals surface area (Å²) in [6.07, 6.45) is 0.320. The lowest BCUT2D eigenvalue weighted by atomic mass is 10.2. The average molecular weight is 365 g/mol. The standard InChI is InChI=1S/C20H19N3O4/c1-14(19(25)22(2)15-8-4-3-5-9-15)27-18(24)12-23-13-21-17-11-7-6-10-16(17)20(23)26/h3-11,13-14H,12H2,1-2H3/t14-/m1/s1. The first-order valence-electron chi connectivity index (χ1n) is 8.43. The third-order valence-corrected chi connectivity index (χ3v) is 4.16. The highest BCUT2D eigenvalue weighted by Crippen LogP contribution is 2.13. The van der Waals surface area contributed by atoms with Crippen LogP contribution in [0.4, 0.5) is 5.69 Å². The number of ether oxygens (including phenoxy) is 1. The molecule has 0 aliphatic rings. The Labute approximate surface area is 155 Å². The molecule has 1 aromatic heterocycles. The van der Waals surface area contributed by atoms with Crippen molar-refractivity contribution in [3.63, 3.8) is 0 Å². The van der Waals surface area contributed by atoms with Gasteiger partial charge in [0.25, 0.3) is 11.5 Å². The number of aromatic nitrogens is 2. The van der Waals surface area contributed by atoms with Crippen molar-refractivity contribution in [2.45, 2.75) is 19.6 Å². The van der Waals surface area contributed by atoms with Crippen LogP contribution in [0.25, 0.3) is 10.9 Å². The zero-order valence-corrected chi connectivity index (χ0v) is 15.0. The number of rotatable bonds is 5. The van der Waals surface area contributed by atoms with Crippen molar-refractivity contribution in [1.29, 1.82) is 0 Å². The van der Waals surface area contributed by atoms with Gasteiger partial charge in [-0.05, 0) is 31.2 Å². The number of carbonyl (C=O) groups excluding carboxylic acids is 2. The highest BCUT2D eigenvalue weighted by Gasteiger charge is 2.22. The van der Waals surface area contributed by atoms with E-state index in [4.69, 9.17) is 4.74 Å². The van der Waals surface area contributed by atoms with E-state index in [-0.39, 0.29) is 18.0 Å². The van der Waals surface area contributed by atoms with Crippen molar-refractivity contribution >= 4 is 28.5 Å². The summed E-state index contributed by atoms with van der Waals surface area (Å²) in [6.45, 7) is 1.18. The molecule has 7 heteroatoms. The lowest BCUT2D eigenvalue weighted by Crippen LogP contribution is -2.38. The molecule has 0 spiro atoms. The molecule has 7 nitrogen and oxygen atoms in total. The van der Waals surface area contributed by atoms with E-state index in [2.05, 4.69) is 4.98 Å². The van der Waals surface area contributed by atoms with Crippen LogP contribution < -0.4 is 10.5 Å². The number of para-hydroxylation sites is 2. The van der Waals surface area contributed by atoms with Gasteiger partial charge in [-0.15, -0.1) is 0 Å². The maximum absolute atomic E-state index is 12.4. The summed E-state index contributed by atoms with van der Waals surface area (Å²) in [5.41, 5.74) is 0.915. The molecule has 0 aliphatic carbocycles. The highest BCUT2D eigenvalue weighted by atomic mass is 16.5. The summed E-state index contributed by atoms with van der Waals surface area (Å²) in [5.74, 6) is -1.05. The van der Waals surface area contributed by atoms with Crippen LogP contribution in [0.3, 0.4) is 0 Å². The van der Waals surface area contributed by atoms with E-state index >= 15 is 0 Å². The number of amides is 1. The zero-order chi connectivity index (χ0) is 19.4. The van der Waals surface area contributed by atoms with Crippen molar-refractivity contribution < 1.29 is 14.3 Å². The molecule has 0 aliphatic heterocycles. The molecule has 0 bridgehead atoms. The summed E-state index contributed by atoms with van der Waals surface area (Å²) in [4.78, 5) is 42.6. The number of hydrogen-bond donors (Lipinski definition) is 0. The van der Waals surface area contributed by atoms with Gasteiger partial charge in [-0.25, -0.2) is 4.98 Å². The van der Waals surface area contributed by atoms with E-state index in [1.165, 1.54) is 22.7 Å². The van der Waals surface area contributed by atoms with Crippen LogP contribution >= 0.6 is 0 Å². The first-order chi connectivity index (χ1) is 13.0. The Morgan fingerprint density at radius 1 is 1.11 bits per heavy atom. The smallest absolute Gasteiger partial charge is 0.326 e. The van der Waals surface area contributed by atoms with Gasteiger partial charge in [-0.2, -0.15) is 0 Å². The van der Waals surface area contributed by atoms with Gasteiger partial charge >= 0.3 is 5.97 Å². The van der Waals surface area contributed by atoms with E-state index in [1.807, 2.05) is 18.2 Å². The monoisotopic (exact) mass is 365 g/mol. The number of hydrogen-bond acceptors (Lipinski definition) is 5. The largest absolute Gasteiger partial charge is 0.451 e. The van der Waals surface area contributed by atoms with Crippen molar-refractivity contribution in [2.24, 2.45) is 0 Å². The van der Waals surface area contributed by atoms with Gasteiger partial charge in [-0.1, -0.05) is 30.3 Å². The summed E-state index contributed by atoms with van der Waals surface area (Å²) >= 11 is 0. The third-order valence-electron chi connectivity index (χ3n) is 4.16. The fourth-order valence-corrected chi connectivity index (χ4v) is 2.69. The van der Waals surface area contributed by atoms with Crippen molar-refractivity contribution in [1.82, 2.24) is 9.55 Å². The Bertz CT molecular complexity index is 1030. The normalized spacial score (nSPS) is 11.8. The van der Waals surface area contributed by atoms with Gasteiger partial charge in [0.05, 0.1) is 17.2 Å². The van der Waals surface area contributed by atoms with Crippen LogP contribution in [-0.2, 0) is 20.9 Å². The van der Waals surface area contributed by atoms with Crippen LogP contribution in [-0.4, -0.2) is 34.6 Å². The summed E-state index contributed by atoms with van der Waals surface area (Å²) in [7, 11) is 1.61. The molecule has 0 N–H and O–H groups in total. The molecule has 138 valence electrons. The van der Waals surface area contributed by atoms with Gasteiger partial charge in [0.1, 0.15) is 6.54 Å². The molecule has 0 saturated heterocycles. The minimum atomic E-state index is -0.980. The van der Waals surface area contributed by atoms with Crippen LogP contribution in [0, 0.1) is 0 Å². The lowest BCUT2D eigenvalue weighted by Gasteiger charge is -2.21. The Morgan fingerprint density at radius 2 is 1.78 bits per heavy atom. The maximum atomic E-state index is 12.4. The average Bonchev–Trinajstić information content (AvgIpc) is 2.69. The predicted octanol–water partition coefficient (Wildman–Crippen LogP) is 1.99. The van der Waals surface area contributed by atoms with Crippen molar-refractivity contribution in [3.05, 3.63) is 71.3 Å². The molecule has 2 aromatic carbocycles. The number of carbonyl (C=O) groups is 2. The fourth-order valence-electron chi connectivity index (χ4n) is 2.69. The molecule has 1 atom stereocenters. The predicted molar refractivity (Wildman–Crippen MR) is 101 cm³/mol. The van der Waals surface area contributed by atoms with Crippen LogP contribution in [0.15, 0.2) is 65.7 Å². The molecule has 27 heavy (non-hydrogen) atoms. The van der Waals surface area contributed by atoms with Crippen molar-refractivity contribution in [2.75, 3.05) is 11.9 Å². The molecule has 3 aromatic rings. The van der Waals surface area contributed by atoms with E-state index < -0.39 is 12.1 Å². The number of benzene rings is 2. The van der Waals surface area contributed by atoms with E-state index in [9.17, 15) is 14.4 Å². The lowest BCUT2D eigenvalue weighted by molar-refractivity contribution is -0.154. The SMILES string of the molecule is C[C@@H](OC(=O)Cn1cnc2ccccc2c1=O)C(=O)N(C)c1ccccc1. The van der Waals surface area contributed by atoms with Gasteiger partial charge in [0, 0.05) is 12.7 Å². The van der Waals surface area contributed by atoms with E-state index in [0.29, 0.717) is 16.6 Å². The van der Waals surface area contributed by atoms with Crippen LogP contribution in [0.5, 0.6) is 0 Å². The molecular weight excluding hydrogens is 346 g/mol. The molecule has 1 heterocycles. The van der Waals surface area contributed by atoms with Crippen LogP contribution in [0.1, 0.15) is 6.92 Å². The number of likely N-dealkylation sites (N-methyl/N-ethyl adjacent to an activating group) is 1. The highest BCUT2D eigenvalue weighted by molar-refractivity contribution is 5.96. The van der Waals surface area contributed by atoms with E-state index in [0.717, 1.165) is 0 Å².